The van der Waals surface area contributed by atoms with Gasteiger partial charge in [0, 0.05) is 16.7 Å². The third kappa shape index (κ3) is 3.01. The van der Waals surface area contributed by atoms with Crippen LogP contribution in [0.1, 0.15) is 58.7 Å². The molecule has 1 aliphatic rings. The van der Waals surface area contributed by atoms with Crippen molar-refractivity contribution in [1.82, 2.24) is 4.90 Å². The fourth-order valence-electron chi connectivity index (χ4n) is 3.04. The molecule has 0 saturated heterocycles. The average molecular weight is 311 g/mol. The van der Waals surface area contributed by atoms with Crippen LogP contribution >= 0.6 is 0 Å². The highest BCUT2D eigenvalue weighted by Gasteiger charge is 2.52. The van der Waals surface area contributed by atoms with Crippen molar-refractivity contribution >= 4 is 6.08 Å². The van der Waals surface area contributed by atoms with E-state index in [9.17, 15) is 13.2 Å². The average Bonchev–Trinajstić information content (AvgIpc) is 2.33. The van der Waals surface area contributed by atoms with Crippen molar-refractivity contribution in [2.24, 2.45) is 5.41 Å². The summed E-state index contributed by atoms with van der Waals surface area (Å²) in [6, 6.07) is 5.20. The van der Waals surface area contributed by atoms with Gasteiger partial charge in [-0.05, 0) is 38.0 Å². The molecular weight excluding hydrogens is 287 g/mol. The molecule has 0 aromatic heterocycles. The third-order valence-corrected chi connectivity index (χ3v) is 3.90. The molecule has 0 fully saturated rings. The van der Waals surface area contributed by atoms with Crippen molar-refractivity contribution < 1.29 is 13.2 Å². The van der Waals surface area contributed by atoms with Crippen LogP contribution in [0.15, 0.2) is 30.0 Å². The number of hydrogen-bond acceptors (Lipinski definition) is 1. The highest BCUT2D eigenvalue weighted by Crippen LogP contribution is 2.51. The molecule has 0 radical (unpaired) electrons. The Bertz CT molecular complexity index is 586. The summed E-state index contributed by atoms with van der Waals surface area (Å²) in [5.74, 6) is 0. The Hall–Kier alpha value is -1.45. The number of nitrogens with zero attached hydrogens (tertiary/aromatic N) is 1. The number of rotatable bonds is 0. The second kappa shape index (κ2) is 5.04. The Morgan fingerprint density at radius 2 is 1.45 bits per heavy atom. The SMILES string of the molecule is CC(C)(C)C1=Cc2ccccc2C(C(F)(F)F)N1C(C)(C)C. The van der Waals surface area contributed by atoms with E-state index in [1.165, 1.54) is 4.90 Å². The van der Waals surface area contributed by atoms with Gasteiger partial charge in [0.1, 0.15) is 0 Å². The molecule has 1 heterocycles. The van der Waals surface area contributed by atoms with Crippen molar-refractivity contribution in [3.05, 3.63) is 41.1 Å². The molecule has 2 rings (SSSR count). The summed E-state index contributed by atoms with van der Waals surface area (Å²) in [6.07, 6.45) is -2.42. The van der Waals surface area contributed by atoms with E-state index in [2.05, 4.69) is 0 Å². The lowest BCUT2D eigenvalue weighted by Gasteiger charge is -2.51. The Labute approximate surface area is 130 Å². The van der Waals surface area contributed by atoms with E-state index < -0.39 is 17.8 Å². The van der Waals surface area contributed by atoms with Gasteiger partial charge in [0.25, 0.3) is 0 Å². The molecule has 0 saturated carbocycles. The lowest BCUT2D eigenvalue weighted by Crippen LogP contribution is -2.51. The topological polar surface area (TPSA) is 3.24 Å². The summed E-state index contributed by atoms with van der Waals surface area (Å²) in [6.45, 7) is 11.4. The summed E-state index contributed by atoms with van der Waals surface area (Å²) in [4.78, 5) is 1.54. The molecule has 0 aliphatic carbocycles. The highest BCUT2D eigenvalue weighted by atomic mass is 19.4. The van der Waals surface area contributed by atoms with Crippen molar-refractivity contribution in [3.8, 4) is 0 Å². The molecule has 1 aromatic carbocycles. The van der Waals surface area contributed by atoms with Crippen molar-refractivity contribution in [2.45, 2.75) is 59.3 Å². The van der Waals surface area contributed by atoms with E-state index in [0.29, 0.717) is 11.1 Å². The van der Waals surface area contributed by atoms with Gasteiger partial charge in [-0.3, -0.25) is 0 Å². The van der Waals surface area contributed by atoms with Crippen molar-refractivity contribution in [1.29, 1.82) is 0 Å². The number of fused-ring (bicyclic) bond motifs is 1. The van der Waals surface area contributed by atoms with Gasteiger partial charge in [-0.25, -0.2) is 0 Å². The van der Waals surface area contributed by atoms with Crippen molar-refractivity contribution in [3.63, 3.8) is 0 Å². The zero-order valence-corrected chi connectivity index (χ0v) is 14.0. The van der Waals surface area contributed by atoms with Gasteiger partial charge in [0.05, 0.1) is 0 Å². The lowest BCUT2D eigenvalue weighted by molar-refractivity contribution is -0.195. The molecule has 1 atom stereocenters. The second-order valence-electron chi connectivity index (χ2n) is 7.89. The first kappa shape index (κ1) is 16.9. The Balaban J connectivity index is 2.77. The lowest BCUT2D eigenvalue weighted by atomic mass is 9.80. The standard InChI is InChI=1S/C18H24F3N/c1-16(2,3)14-11-12-9-7-8-10-13(12)15(18(19,20)21)22(14)17(4,5)6/h7-11,15H,1-6H3. The minimum absolute atomic E-state index is 0.331. The second-order valence-corrected chi connectivity index (χ2v) is 7.89. The van der Waals surface area contributed by atoms with Crippen LogP contribution in [0.3, 0.4) is 0 Å². The third-order valence-electron chi connectivity index (χ3n) is 3.90. The van der Waals surface area contributed by atoms with Gasteiger partial charge in [-0.2, -0.15) is 13.2 Å². The Morgan fingerprint density at radius 3 is 1.91 bits per heavy atom. The van der Waals surface area contributed by atoms with Crippen molar-refractivity contribution in [2.75, 3.05) is 0 Å². The maximum absolute atomic E-state index is 13.9. The van der Waals surface area contributed by atoms with E-state index in [0.717, 1.165) is 5.70 Å². The molecule has 0 amide bonds. The molecule has 122 valence electrons. The Kier molecular flexibility index (Phi) is 3.87. The number of allylic oxidation sites excluding steroid dienone is 1. The normalized spacial score (nSPS) is 19.8. The molecule has 1 nitrogen and oxygen atoms in total. The molecule has 1 aliphatic heterocycles. The van der Waals surface area contributed by atoms with Crippen LogP contribution in [0.25, 0.3) is 6.08 Å². The summed E-state index contributed by atoms with van der Waals surface area (Å²) >= 11 is 0. The maximum Gasteiger partial charge on any atom is 0.413 e. The predicted octanol–water partition coefficient (Wildman–Crippen LogP) is 5.79. The van der Waals surface area contributed by atoms with Crippen LogP contribution in [0.2, 0.25) is 0 Å². The van der Waals surface area contributed by atoms with E-state index in [1.807, 2.05) is 47.6 Å². The molecule has 22 heavy (non-hydrogen) atoms. The van der Waals surface area contributed by atoms with E-state index in [4.69, 9.17) is 0 Å². The zero-order chi connectivity index (χ0) is 16.9. The van der Waals surface area contributed by atoms with Gasteiger partial charge >= 0.3 is 6.18 Å². The van der Waals surface area contributed by atoms with Crippen LogP contribution in [0, 0.1) is 5.41 Å². The van der Waals surface area contributed by atoms with E-state index >= 15 is 0 Å². The summed E-state index contributed by atoms with van der Waals surface area (Å²) in [5, 5.41) is 0. The van der Waals surface area contributed by atoms with E-state index in [-0.39, 0.29) is 5.41 Å². The summed E-state index contributed by atoms with van der Waals surface area (Å²) < 4.78 is 41.7. The zero-order valence-electron chi connectivity index (χ0n) is 14.0. The smallest absolute Gasteiger partial charge is 0.354 e. The summed E-state index contributed by atoms with van der Waals surface area (Å²) in [7, 11) is 0. The molecule has 4 heteroatoms. The number of hydrogen-bond donors (Lipinski definition) is 0. The number of halogens is 3. The van der Waals surface area contributed by atoms with Gasteiger partial charge < -0.3 is 4.90 Å². The van der Waals surface area contributed by atoms with Crippen LogP contribution < -0.4 is 0 Å². The molecule has 1 aromatic rings. The van der Waals surface area contributed by atoms with Gasteiger partial charge in [-0.15, -0.1) is 0 Å². The number of benzene rings is 1. The molecule has 0 bridgehead atoms. The maximum atomic E-state index is 13.9. The number of alkyl halides is 3. The molecule has 0 N–H and O–H groups in total. The fourth-order valence-corrected chi connectivity index (χ4v) is 3.04. The first-order valence-electron chi connectivity index (χ1n) is 7.50. The first-order chi connectivity index (χ1) is 9.83. The van der Waals surface area contributed by atoms with Crippen LogP contribution in [0.4, 0.5) is 13.2 Å². The monoisotopic (exact) mass is 311 g/mol. The van der Waals surface area contributed by atoms with Gasteiger partial charge in [0.15, 0.2) is 6.04 Å². The minimum Gasteiger partial charge on any atom is -0.354 e. The fraction of sp³-hybridized carbons (Fsp3) is 0.556. The minimum atomic E-state index is -4.33. The van der Waals surface area contributed by atoms with Crippen LogP contribution in [-0.2, 0) is 0 Å². The van der Waals surface area contributed by atoms with Crippen LogP contribution in [0.5, 0.6) is 0 Å². The Morgan fingerprint density at radius 1 is 0.909 bits per heavy atom. The quantitative estimate of drug-likeness (QED) is 0.586. The van der Waals surface area contributed by atoms with Gasteiger partial charge in [0.2, 0.25) is 0 Å². The predicted molar refractivity (Wildman–Crippen MR) is 84.3 cm³/mol. The molecular formula is C18H24F3N. The molecule has 0 spiro atoms. The largest absolute Gasteiger partial charge is 0.413 e. The van der Waals surface area contributed by atoms with Crippen LogP contribution in [-0.4, -0.2) is 16.6 Å². The highest BCUT2D eigenvalue weighted by molar-refractivity contribution is 5.62. The van der Waals surface area contributed by atoms with Gasteiger partial charge in [-0.1, -0.05) is 45.0 Å². The molecule has 1 unspecified atom stereocenters. The van der Waals surface area contributed by atoms with E-state index in [1.54, 1.807) is 24.3 Å². The first-order valence-corrected chi connectivity index (χ1v) is 7.50. The summed E-state index contributed by atoms with van der Waals surface area (Å²) in [5.41, 5.74) is 0.714.